The van der Waals surface area contributed by atoms with Crippen molar-refractivity contribution in [3.05, 3.63) is 102 Å². The Kier molecular flexibility index (Phi) is 31.0. The number of para-hydroxylation sites is 1. The number of aliphatic carboxylic acids is 1. The SMILES string of the molecule is CCOCCOCCOCCOCC(=O)N[C@H](Cc1ccccc1)C(=O)N[C@H]1CSSC[C@@H](C(=O)N[C@H](C(=O)O)[C@@H](C)O)NC(=O)[C@H](C(C)O)NC(=O)[C@H](CCCCN)NC(=O)[C@@H](Cc2c[nH]c3ccccc23)NC(=O)[C@H](Cc2ccc(O)cc2)NC1=O. The number of aromatic amines is 1. The molecule has 1 aliphatic heterocycles. The van der Waals surface area contributed by atoms with Crippen molar-refractivity contribution in [1.82, 2.24) is 47.5 Å². The van der Waals surface area contributed by atoms with Crippen molar-refractivity contribution < 1.29 is 82.5 Å². The van der Waals surface area contributed by atoms with Gasteiger partial charge >= 0.3 is 5.97 Å². The molecule has 1 aliphatic rings. The number of aromatic hydroxyl groups is 1. The van der Waals surface area contributed by atoms with Gasteiger partial charge in [0.1, 0.15) is 54.6 Å². The van der Waals surface area contributed by atoms with Crippen molar-refractivity contribution in [2.75, 3.05) is 70.9 Å². The lowest BCUT2D eigenvalue weighted by Crippen LogP contribution is -2.62. The van der Waals surface area contributed by atoms with E-state index in [1.165, 1.54) is 31.2 Å². The number of phenols is 1. The molecule has 3 aromatic carbocycles. The summed E-state index contributed by atoms with van der Waals surface area (Å²) in [6, 6.07) is 8.95. The first-order valence-electron chi connectivity index (χ1n) is 28.9. The lowest BCUT2D eigenvalue weighted by atomic mass is 10.0. The van der Waals surface area contributed by atoms with E-state index in [0.717, 1.165) is 28.5 Å². The van der Waals surface area contributed by atoms with Crippen LogP contribution in [0.5, 0.6) is 5.75 Å². The number of aliphatic hydroxyl groups is 2. The number of hydrogen-bond donors (Lipinski definition) is 14. The molecule has 15 N–H and O–H groups in total. The van der Waals surface area contributed by atoms with E-state index in [9.17, 15) is 54.0 Å². The highest BCUT2D eigenvalue weighted by Gasteiger charge is 2.37. The van der Waals surface area contributed by atoms with Gasteiger partial charge < -0.3 is 92.6 Å². The number of amides is 8. The number of hydrogen-bond acceptors (Lipinski definition) is 19. The number of H-pyrrole nitrogens is 1. The Bertz CT molecular complexity index is 2890. The summed E-state index contributed by atoms with van der Waals surface area (Å²) in [7, 11) is 1.76. The first kappa shape index (κ1) is 71.4. The number of phenolic OH excluding ortho intramolecular Hbond substituents is 1. The summed E-state index contributed by atoms with van der Waals surface area (Å²) in [5.41, 5.74) is 8.15. The number of ether oxygens (including phenoxy) is 4. The molecular weight excluding hydrogens is 1180 g/mol. The lowest BCUT2D eigenvalue weighted by Gasteiger charge is -2.29. The van der Waals surface area contributed by atoms with E-state index >= 15 is 9.59 Å². The third-order valence-electron chi connectivity index (χ3n) is 13.7. The van der Waals surface area contributed by atoms with Crippen LogP contribution in [0.4, 0.5) is 0 Å². The maximum Gasteiger partial charge on any atom is 0.328 e. The summed E-state index contributed by atoms with van der Waals surface area (Å²) < 4.78 is 21.7. The molecule has 0 aliphatic carbocycles. The van der Waals surface area contributed by atoms with Gasteiger partial charge in [-0.1, -0.05) is 82.3 Å². The molecule has 29 heteroatoms. The number of carboxylic acids is 1. The Morgan fingerprint density at radius 1 is 0.670 bits per heavy atom. The van der Waals surface area contributed by atoms with E-state index in [0.29, 0.717) is 60.4 Å². The molecule has 1 aromatic heterocycles. The van der Waals surface area contributed by atoms with Gasteiger partial charge in [-0.25, -0.2) is 4.79 Å². The number of benzene rings is 3. The van der Waals surface area contributed by atoms with Gasteiger partial charge in [0.05, 0.1) is 51.8 Å². The third kappa shape index (κ3) is 24.3. The van der Waals surface area contributed by atoms with E-state index in [1.54, 1.807) is 60.8 Å². The average molecular weight is 1270 g/mol. The van der Waals surface area contributed by atoms with Crippen LogP contribution in [0.25, 0.3) is 10.9 Å². The quantitative estimate of drug-likeness (QED) is 0.0225. The van der Waals surface area contributed by atoms with Crippen LogP contribution in [-0.2, 0) is 81.4 Å². The van der Waals surface area contributed by atoms with Crippen LogP contribution in [0.3, 0.4) is 0 Å². The van der Waals surface area contributed by atoms with Crippen LogP contribution >= 0.6 is 21.6 Å². The van der Waals surface area contributed by atoms with E-state index in [2.05, 4.69) is 47.5 Å². The van der Waals surface area contributed by atoms with Crippen molar-refractivity contribution in [3.8, 4) is 5.75 Å². The van der Waals surface area contributed by atoms with Gasteiger partial charge in [0, 0.05) is 54.5 Å². The molecule has 2 heterocycles. The highest BCUT2D eigenvalue weighted by molar-refractivity contribution is 8.76. The predicted octanol–water partition coefficient (Wildman–Crippen LogP) is -0.764. The number of nitrogens with two attached hydrogens (primary N) is 1. The molecular formula is C59H82N10O17S2. The average Bonchev–Trinajstić information content (AvgIpc) is 3.90. The number of nitrogens with one attached hydrogen (secondary N) is 9. The minimum absolute atomic E-state index is 0.0206. The van der Waals surface area contributed by atoms with E-state index in [1.807, 2.05) is 6.92 Å². The van der Waals surface area contributed by atoms with Gasteiger partial charge in [-0.2, -0.15) is 0 Å². The monoisotopic (exact) mass is 1270 g/mol. The lowest BCUT2D eigenvalue weighted by molar-refractivity contribution is -0.145. The number of unbranched alkanes of at least 4 members (excludes halogenated alkanes) is 1. The number of aliphatic hydroxyl groups excluding tert-OH is 2. The van der Waals surface area contributed by atoms with E-state index in [4.69, 9.17) is 24.7 Å². The number of carboxylic acid groups (broad SMARTS) is 1. The van der Waals surface area contributed by atoms with Gasteiger partial charge in [-0.15, -0.1) is 0 Å². The highest BCUT2D eigenvalue weighted by atomic mass is 33.1. The molecule has 27 nitrogen and oxygen atoms in total. The topological polar surface area (TPSA) is 410 Å². The van der Waals surface area contributed by atoms with E-state index in [-0.39, 0.29) is 70.0 Å². The molecule has 1 saturated heterocycles. The fourth-order valence-electron chi connectivity index (χ4n) is 8.98. The molecule has 0 saturated carbocycles. The van der Waals surface area contributed by atoms with Crippen molar-refractivity contribution in [3.63, 3.8) is 0 Å². The smallest absolute Gasteiger partial charge is 0.328 e. The summed E-state index contributed by atoms with van der Waals surface area (Å²) in [4.78, 5) is 131. The normalized spacial score (nSPS) is 20.6. The summed E-state index contributed by atoms with van der Waals surface area (Å²) in [6.45, 7) is 6.08. The first-order chi connectivity index (χ1) is 42.3. The standard InChI is InChI=1S/C59H82N10O17S2/c1-4-83-22-23-84-24-25-85-26-27-86-32-49(73)62-44(28-37-12-6-5-7-13-37)53(75)66-47-33-87-88-34-48(57(79)69-51(36(3)71)59(81)82)67-58(80)50(35(2)70)68-52(74)43(16-10-11-21-60)63-55(77)46(30-39-31-61-42-15-9-8-14-41(39)42)65-54(76)45(64-56(47)78)29-38-17-19-40(72)20-18-38/h5-9,12-15,17-20,31,35-36,43-48,50-51,61,70-72H,4,10-11,16,21-30,32-34,60H2,1-3H3,(H,62,73)(H,63,77)(H,64,78)(H,65,76)(H,66,75)(H,67,80)(H,68,74)(H,69,79)(H,81,82)/t35?,36-,43+,44-,45+,46-,47+,48+,50+,51+/m1/s1. The van der Waals surface area contributed by atoms with Crippen molar-refractivity contribution >= 4 is 85.7 Å². The molecule has 0 spiro atoms. The molecule has 1 fully saturated rings. The van der Waals surface area contributed by atoms with Crippen molar-refractivity contribution in [2.24, 2.45) is 5.73 Å². The minimum Gasteiger partial charge on any atom is -0.508 e. The number of rotatable bonds is 30. The second kappa shape index (κ2) is 38.1. The Morgan fingerprint density at radius 2 is 1.27 bits per heavy atom. The van der Waals surface area contributed by atoms with Gasteiger partial charge in [-0.3, -0.25) is 38.4 Å². The van der Waals surface area contributed by atoms with Crippen LogP contribution in [0.1, 0.15) is 56.7 Å². The van der Waals surface area contributed by atoms with Gasteiger partial charge in [0.25, 0.3) is 0 Å². The first-order valence-corrected chi connectivity index (χ1v) is 31.4. The Hall–Kier alpha value is -7.35. The number of fused-ring (bicyclic) bond motifs is 1. The second-order valence-electron chi connectivity index (χ2n) is 20.7. The zero-order valence-electron chi connectivity index (χ0n) is 49.4. The number of carbonyl (C=O) groups is 9. The second-order valence-corrected chi connectivity index (χ2v) is 23.2. The highest BCUT2D eigenvalue weighted by Crippen LogP contribution is 2.25. The van der Waals surface area contributed by atoms with Gasteiger partial charge in [0.2, 0.25) is 47.3 Å². The Morgan fingerprint density at radius 3 is 1.92 bits per heavy atom. The van der Waals surface area contributed by atoms with Gasteiger partial charge in [-0.05, 0) is 81.5 Å². The molecule has 88 heavy (non-hydrogen) atoms. The molecule has 482 valence electrons. The molecule has 1 unspecified atom stereocenters. The zero-order valence-corrected chi connectivity index (χ0v) is 51.0. The molecule has 0 bridgehead atoms. The third-order valence-corrected chi connectivity index (χ3v) is 16.2. The largest absolute Gasteiger partial charge is 0.508 e. The summed E-state index contributed by atoms with van der Waals surface area (Å²) in [5.74, 6) is -9.90. The van der Waals surface area contributed by atoms with Crippen molar-refractivity contribution in [2.45, 2.75) is 120 Å². The Labute approximate surface area is 517 Å². The maximum atomic E-state index is 15.0. The number of aromatic nitrogens is 1. The fraction of sp³-hybridized carbons (Fsp3) is 0.508. The molecule has 10 atom stereocenters. The van der Waals surface area contributed by atoms with Crippen LogP contribution in [0.15, 0.2) is 85.1 Å². The minimum atomic E-state index is -1.86. The fourth-order valence-corrected chi connectivity index (χ4v) is 11.3. The molecule has 4 aromatic rings. The van der Waals surface area contributed by atoms with Gasteiger partial charge in [0.15, 0.2) is 6.04 Å². The van der Waals surface area contributed by atoms with Crippen molar-refractivity contribution in [1.29, 1.82) is 0 Å². The Balaban J connectivity index is 1.54. The maximum absolute atomic E-state index is 15.0. The summed E-state index contributed by atoms with van der Waals surface area (Å²) in [5, 5.41) is 62.8. The van der Waals surface area contributed by atoms with Crippen LogP contribution in [-0.4, -0.2) is 210 Å². The van der Waals surface area contributed by atoms with Crippen LogP contribution in [0, 0.1) is 0 Å². The predicted molar refractivity (Wildman–Crippen MR) is 327 cm³/mol. The van der Waals surface area contributed by atoms with Crippen LogP contribution < -0.4 is 48.3 Å². The summed E-state index contributed by atoms with van der Waals surface area (Å²) >= 11 is 0. The molecule has 8 amide bonds. The molecule has 0 radical (unpaired) electrons. The van der Waals surface area contributed by atoms with E-state index < -0.39 is 126 Å². The van der Waals surface area contributed by atoms with Crippen LogP contribution in [0.2, 0.25) is 0 Å². The number of carbonyl (C=O) groups excluding carboxylic acids is 8. The summed E-state index contributed by atoms with van der Waals surface area (Å²) in [6.07, 6.45) is -1.49. The zero-order chi connectivity index (χ0) is 64.0. The molecule has 5 rings (SSSR count).